The molecule has 2 fully saturated rings. The molecule has 1 aromatic carbocycles. The van der Waals surface area contributed by atoms with Crippen LogP contribution in [0.25, 0.3) is 0 Å². The van der Waals surface area contributed by atoms with Crippen LogP contribution in [0.2, 0.25) is 0 Å². The zero-order valence-electron chi connectivity index (χ0n) is 12.4. The van der Waals surface area contributed by atoms with Crippen molar-refractivity contribution in [3.63, 3.8) is 0 Å². The van der Waals surface area contributed by atoms with E-state index < -0.39 is 6.10 Å². The van der Waals surface area contributed by atoms with Gasteiger partial charge < -0.3 is 15.2 Å². The van der Waals surface area contributed by atoms with Gasteiger partial charge in [-0.2, -0.15) is 0 Å². The number of aliphatic hydroxyl groups is 1. The second-order valence-electron chi connectivity index (χ2n) is 6.28. The second-order valence-corrected chi connectivity index (χ2v) is 6.28. The van der Waals surface area contributed by atoms with E-state index >= 15 is 0 Å². The molecule has 2 aliphatic carbocycles. The molecule has 0 saturated heterocycles. The molecule has 0 radical (unpaired) electrons. The molecule has 2 saturated carbocycles. The molecule has 2 atom stereocenters. The lowest BCUT2D eigenvalue weighted by atomic mass is 10.1. The predicted molar refractivity (Wildman–Crippen MR) is 79.8 cm³/mol. The zero-order chi connectivity index (χ0) is 14.7. The topological polar surface area (TPSA) is 41.5 Å². The van der Waals surface area contributed by atoms with Crippen LogP contribution in [0.3, 0.4) is 0 Å². The molecule has 4 heteroatoms. The van der Waals surface area contributed by atoms with E-state index in [-0.39, 0.29) is 17.7 Å². The summed E-state index contributed by atoms with van der Waals surface area (Å²) in [6.07, 6.45) is 6.40. The first-order valence-electron chi connectivity index (χ1n) is 8.09. The van der Waals surface area contributed by atoms with Crippen molar-refractivity contribution >= 4 is 0 Å². The van der Waals surface area contributed by atoms with E-state index in [1.54, 1.807) is 6.07 Å². The standard InChI is InChI=1S/C17H24FNO2/c18-14-10-12(11-19-13-7-8-13)6-9-16(14)21-17-5-3-1-2-4-15(17)20/h6,9-10,13,15,17,19-20H,1-5,7-8,11H2. The number of ether oxygens (including phenoxy) is 1. The lowest BCUT2D eigenvalue weighted by Gasteiger charge is -2.22. The molecule has 0 aliphatic heterocycles. The van der Waals surface area contributed by atoms with Crippen LogP contribution in [0.4, 0.5) is 4.39 Å². The highest BCUT2D eigenvalue weighted by atomic mass is 19.1. The summed E-state index contributed by atoms with van der Waals surface area (Å²) >= 11 is 0. The Hall–Kier alpha value is -1.13. The van der Waals surface area contributed by atoms with Crippen molar-refractivity contribution < 1.29 is 14.2 Å². The molecule has 0 spiro atoms. The number of aliphatic hydroxyl groups excluding tert-OH is 1. The van der Waals surface area contributed by atoms with Crippen molar-refractivity contribution in [2.24, 2.45) is 0 Å². The summed E-state index contributed by atoms with van der Waals surface area (Å²) in [5.74, 6) is -0.0716. The number of halogens is 1. The average Bonchev–Trinajstić information content (AvgIpc) is 3.29. The Morgan fingerprint density at radius 2 is 1.95 bits per heavy atom. The Balaban J connectivity index is 1.61. The first-order valence-corrected chi connectivity index (χ1v) is 8.09. The van der Waals surface area contributed by atoms with Gasteiger partial charge in [0, 0.05) is 12.6 Å². The van der Waals surface area contributed by atoms with Crippen LogP contribution in [0.5, 0.6) is 5.75 Å². The number of hydrogen-bond acceptors (Lipinski definition) is 3. The monoisotopic (exact) mass is 293 g/mol. The van der Waals surface area contributed by atoms with Crippen LogP contribution >= 0.6 is 0 Å². The van der Waals surface area contributed by atoms with Gasteiger partial charge in [-0.3, -0.25) is 0 Å². The molecular weight excluding hydrogens is 269 g/mol. The van der Waals surface area contributed by atoms with Gasteiger partial charge in [-0.05, 0) is 49.8 Å². The van der Waals surface area contributed by atoms with Gasteiger partial charge in [0.2, 0.25) is 0 Å². The molecule has 0 heterocycles. The number of hydrogen-bond donors (Lipinski definition) is 2. The van der Waals surface area contributed by atoms with Crippen LogP contribution in [0.15, 0.2) is 18.2 Å². The third-order valence-corrected chi connectivity index (χ3v) is 4.36. The summed E-state index contributed by atoms with van der Waals surface area (Å²) in [6.45, 7) is 0.702. The molecule has 2 unspecified atom stereocenters. The van der Waals surface area contributed by atoms with Crippen LogP contribution in [-0.2, 0) is 6.54 Å². The van der Waals surface area contributed by atoms with Crippen molar-refractivity contribution in [2.75, 3.05) is 0 Å². The van der Waals surface area contributed by atoms with Crippen molar-refractivity contribution in [3.05, 3.63) is 29.6 Å². The molecule has 0 amide bonds. The fourth-order valence-electron chi connectivity index (χ4n) is 2.85. The summed E-state index contributed by atoms with van der Waals surface area (Å²) in [5.41, 5.74) is 0.938. The van der Waals surface area contributed by atoms with E-state index in [1.807, 2.05) is 6.07 Å². The molecule has 2 N–H and O–H groups in total. The van der Waals surface area contributed by atoms with Crippen LogP contribution in [0.1, 0.15) is 50.5 Å². The Bertz CT molecular complexity index is 476. The van der Waals surface area contributed by atoms with Gasteiger partial charge in [-0.25, -0.2) is 4.39 Å². The molecule has 2 aliphatic rings. The fourth-order valence-corrected chi connectivity index (χ4v) is 2.85. The first-order chi connectivity index (χ1) is 10.2. The number of nitrogens with one attached hydrogen (secondary N) is 1. The van der Waals surface area contributed by atoms with Gasteiger partial charge in [0.15, 0.2) is 11.6 Å². The minimum Gasteiger partial charge on any atom is -0.485 e. The highest BCUT2D eigenvalue weighted by molar-refractivity contribution is 5.29. The number of rotatable bonds is 5. The lowest BCUT2D eigenvalue weighted by Crippen LogP contribution is -2.30. The third-order valence-electron chi connectivity index (χ3n) is 4.36. The minimum absolute atomic E-state index is 0.260. The average molecular weight is 293 g/mol. The predicted octanol–water partition coefficient (Wildman–Crippen LogP) is 3.15. The second kappa shape index (κ2) is 6.75. The Morgan fingerprint density at radius 3 is 2.71 bits per heavy atom. The molecule has 0 aromatic heterocycles. The van der Waals surface area contributed by atoms with E-state index in [1.165, 1.54) is 18.9 Å². The third kappa shape index (κ3) is 4.17. The summed E-state index contributed by atoms with van der Waals surface area (Å²) in [5, 5.41) is 13.4. The van der Waals surface area contributed by atoms with Gasteiger partial charge in [0.1, 0.15) is 6.10 Å². The highest BCUT2D eigenvalue weighted by Gasteiger charge is 2.24. The summed E-state index contributed by atoms with van der Waals surface area (Å²) in [4.78, 5) is 0. The van der Waals surface area contributed by atoms with Crippen molar-refractivity contribution in [1.82, 2.24) is 5.32 Å². The van der Waals surface area contributed by atoms with Gasteiger partial charge in [-0.15, -0.1) is 0 Å². The summed E-state index contributed by atoms with van der Waals surface area (Å²) in [6, 6.07) is 5.74. The largest absolute Gasteiger partial charge is 0.485 e. The molecule has 3 nitrogen and oxygen atoms in total. The molecule has 1 aromatic rings. The summed E-state index contributed by atoms with van der Waals surface area (Å²) < 4.78 is 19.9. The zero-order valence-corrected chi connectivity index (χ0v) is 12.4. The van der Waals surface area contributed by atoms with Crippen molar-refractivity contribution in [2.45, 2.75) is 69.7 Å². The quantitative estimate of drug-likeness (QED) is 0.819. The van der Waals surface area contributed by atoms with E-state index in [2.05, 4.69) is 5.32 Å². The van der Waals surface area contributed by atoms with Crippen molar-refractivity contribution in [3.8, 4) is 5.75 Å². The molecule has 3 rings (SSSR count). The molecule has 21 heavy (non-hydrogen) atoms. The lowest BCUT2D eigenvalue weighted by molar-refractivity contribution is 0.0298. The fraction of sp³-hybridized carbons (Fsp3) is 0.647. The van der Waals surface area contributed by atoms with Crippen LogP contribution < -0.4 is 10.1 Å². The van der Waals surface area contributed by atoms with Crippen LogP contribution in [-0.4, -0.2) is 23.4 Å². The molecule has 116 valence electrons. The van der Waals surface area contributed by atoms with Crippen LogP contribution in [0, 0.1) is 5.82 Å². The van der Waals surface area contributed by atoms with Gasteiger partial charge >= 0.3 is 0 Å². The Labute approximate surface area is 125 Å². The van der Waals surface area contributed by atoms with Gasteiger partial charge in [0.25, 0.3) is 0 Å². The van der Waals surface area contributed by atoms with E-state index in [0.29, 0.717) is 12.6 Å². The molecule has 0 bridgehead atoms. The minimum atomic E-state index is -0.483. The molecular formula is C17H24FNO2. The smallest absolute Gasteiger partial charge is 0.165 e. The van der Waals surface area contributed by atoms with E-state index in [0.717, 1.165) is 37.7 Å². The first kappa shape index (κ1) is 14.8. The Morgan fingerprint density at radius 1 is 1.14 bits per heavy atom. The Kier molecular flexibility index (Phi) is 4.76. The van der Waals surface area contributed by atoms with E-state index in [4.69, 9.17) is 4.74 Å². The van der Waals surface area contributed by atoms with E-state index in [9.17, 15) is 9.50 Å². The normalized spacial score (nSPS) is 26.4. The maximum Gasteiger partial charge on any atom is 0.165 e. The maximum atomic E-state index is 14.1. The van der Waals surface area contributed by atoms with Gasteiger partial charge in [0.05, 0.1) is 6.10 Å². The van der Waals surface area contributed by atoms with Gasteiger partial charge in [-0.1, -0.05) is 18.9 Å². The number of benzene rings is 1. The summed E-state index contributed by atoms with van der Waals surface area (Å²) in [7, 11) is 0. The highest BCUT2D eigenvalue weighted by Crippen LogP contribution is 2.26. The maximum absolute atomic E-state index is 14.1. The van der Waals surface area contributed by atoms with Crippen molar-refractivity contribution in [1.29, 1.82) is 0 Å². The SMILES string of the molecule is OC1CCCCCC1Oc1ccc(CNC2CC2)cc1F.